The van der Waals surface area contributed by atoms with Crippen LogP contribution in [0.3, 0.4) is 0 Å². The number of aromatic nitrogens is 2. The van der Waals surface area contributed by atoms with E-state index in [-0.39, 0.29) is 17.6 Å². The second-order valence-electron chi connectivity index (χ2n) is 5.16. The number of carbonyl (C=O) groups excluding carboxylic acids is 2. The monoisotopic (exact) mass is 424 g/mol. The molecule has 2 aromatic heterocycles. The third-order valence-electron chi connectivity index (χ3n) is 3.04. The summed E-state index contributed by atoms with van der Waals surface area (Å²) in [5.74, 6) is -0.182. The SMILES string of the molecule is Cc1csc(C(=O)Nc2nnc(SCC(=O)Nc3ccc(Cl)cc3)s2)c1. The zero-order valence-electron chi connectivity index (χ0n) is 13.5. The Morgan fingerprint density at radius 3 is 2.65 bits per heavy atom. The van der Waals surface area contributed by atoms with Gasteiger partial charge in [0.15, 0.2) is 4.34 Å². The summed E-state index contributed by atoms with van der Waals surface area (Å²) in [4.78, 5) is 24.7. The first-order chi connectivity index (χ1) is 12.5. The molecule has 6 nitrogen and oxygen atoms in total. The summed E-state index contributed by atoms with van der Waals surface area (Å²) in [5.41, 5.74) is 1.72. The van der Waals surface area contributed by atoms with Crippen molar-refractivity contribution < 1.29 is 9.59 Å². The van der Waals surface area contributed by atoms with E-state index in [0.29, 0.717) is 25.1 Å². The summed E-state index contributed by atoms with van der Waals surface area (Å²) in [7, 11) is 0. The summed E-state index contributed by atoms with van der Waals surface area (Å²) in [6, 6.07) is 8.70. The van der Waals surface area contributed by atoms with Gasteiger partial charge in [-0.2, -0.15) is 0 Å². The Morgan fingerprint density at radius 2 is 1.96 bits per heavy atom. The highest BCUT2D eigenvalue weighted by Gasteiger charge is 2.13. The van der Waals surface area contributed by atoms with Gasteiger partial charge in [0.2, 0.25) is 11.0 Å². The molecule has 2 N–H and O–H groups in total. The van der Waals surface area contributed by atoms with Gasteiger partial charge < -0.3 is 5.32 Å². The summed E-state index contributed by atoms with van der Waals surface area (Å²) in [5, 5.41) is 16.3. The molecule has 2 amide bonds. The highest BCUT2D eigenvalue weighted by Crippen LogP contribution is 2.26. The van der Waals surface area contributed by atoms with Gasteiger partial charge in [0, 0.05) is 10.7 Å². The maximum Gasteiger partial charge on any atom is 0.267 e. The molecule has 0 spiro atoms. The molecule has 26 heavy (non-hydrogen) atoms. The van der Waals surface area contributed by atoms with E-state index in [9.17, 15) is 9.59 Å². The molecule has 0 saturated heterocycles. The maximum atomic E-state index is 12.1. The van der Waals surface area contributed by atoms with E-state index in [4.69, 9.17) is 11.6 Å². The summed E-state index contributed by atoms with van der Waals surface area (Å²) >= 11 is 9.67. The van der Waals surface area contributed by atoms with E-state index in [1.54, 1.807) is 24.3 Å². The lowest BCUT2D eigenvalue weighted by Crippen LogP contribution is -2.13. The Hall–Kier alpha value is -1.94. The molecule has 0 aliphatic rings. The Morgan fingerprint density at radius 1 is 1.19 bits per heavy atom. The van der Waals surface area contributed by atoms with Crippen molar-refractivity contribution in [1.29, 1.82) is 0 Å². The standard InChI is InChI=1S/C16H13ClN4O2S3/c1-9-6-12(24-7-9)14(23)19-15-20-21-16(26-15)25-8-13(22)18-11-4-2-10(17)3-5-11/h2-7H,8H2,1H3,(H,18,22)(H,19,20,23). The number of benzene rings is 1. The number of carbonyl (C=O) groups is 2. The summed E-state index contributed by atoms with van der Waals surface area (Å²) < 4.78 is 0.605. The van der Waals surface area contributed by atoms with E-state index >= 15 is 0 Å². The summed E-state index contributed by atoms with van der Waals surface area (Å²) in [6.45, 7) is 1.93. The fraction of sp³-hybridized carbons (Fsp3) is 0.125. The number of rotatable bonds is 6. The molecule has 1 aromatic carbocycles. The first-order valence-corrected chi connectivity index (χ1v) is 10.4. The largest absolute Gasteiger partial charge is 0.325 e. The first-order valence-electron chi connectivity index (χ1n) is 7.38. The van der Waals surface area contributed by atoms with Crippen LogP contribution in [0, 0.1) is 6.92 Å². The number of thiophene rings is 1. The smallest absolute Gasteiger partial charge is 0.267 e. The number of thioether (sulfide) groups is 1. The number of nitrogens with one attached hydrogen (secondary N) is 2. The Bertz CT molecular complexity index is 924. The van der Waals surface area contributed by atoms with Crippen LogP contribution in [0.25, 0.3) is 0 Å². The van der Waals surface area contributed by atoms with Crippen LogP contribution in [0.4, 0.5) is 10.8 Å². The van der Waals surface area contributed by atoms with E-state index in [2.05, 4.69) is 20.8 Å². The van der Waals surface area contributed by atoms with Crippen LogP contribution in [0.1, 0.15) is 15.2 Å². The maximum absolute atomic E-state index is 12.1. The van der Waals surface area contributed by atoms with Crippen LogP contribution in [0.5, 0.6) is 0 Å². The van der Waals surface area contributed by atoms with Gasteiger partial charge in [-0.05, 0) is 48.2 Å². The zero-order chi connectivity index (χ0) is 18.5. The normalized spacial score (nSPS) is 10.5. The quantitative estimate of drug-likeness (QED) is 0.448. The lowest BCUT2D eigenvalue weighted by atomic mass is 10.3. The predicted molar refractivity (Wildman–Crippen MR) is 108 cm³/mol. The van der Waals surface area contributed by atoms with Crippen LogP contribution in [0.2, 0.25) is 5.02 Å². The molecule has 0 fully saturated rings. The minimum Gasteiger partial charge on any atom is -0.325 e. The molecule has 0 bridgehead atoms. The van der Waals surface area contributed by atoms with E-state index in [1.807, 2.05) is 18.4 Å². The highest BCUT2D eigenvalue weighted by molar-refractivity contribution is 8.01. The van der Waals surface area contributed by atoms with Gasteiger partial charge in [0.1, 0.15) is 0 Å². The molecule has 0 aliphatic carbocycles. The lowest BCUT2D eigenvalue weighted by molar-refractivity contribution is -0.113. The molecular formula is C16H13ClN4O2S3. The number of hydrogen-bond donors (Lipinski definition) is 2. The van der Waals surface area contributed by atoms with E-state index in [0.717, 1.165) is 5.56 Å². The molecule has 0 saturated carbocycles. The molecule has 0 unspecified atom stereocenters. The second kappa shape index (κ2) is 8.63. The first kappa shape index (κ1) is 18.8. The molecule has 3 aromatic rings. The third kappa shape index (κ3) is 5.28. The van der Waals surface area contributed by atoms with Crippen molar-refractivity contribution >= 4 is 68.7 Å². The van der Waals surface area contributed by atoms with Crippen molar-refractivity contribution in [2.75, 3.05) is 16.4 Å². The van der Waals surface area contributed by atoms with Gasteiger partial charge in [-0.15, -0.1) is 21.5 Å². The van der Waals surface area contributed by atoms with Gasteiger partial charge >= 0.3 is 0 Å². The number of amides is 2. The lowest BCUT2D eigenvalue weighted by Gasteiger charge is -2.03. The molecule has 10 heteroatoms. The minimum absolute atomic E-state index is 0.160. The second-order valence-corrected chi connectivity index (χ2v) is 8.71. The van der Waals surface area contributed by atoms with Crippen molar-refractivity contribution in [3.8, 4) is 0 Å². The molecule has 0 aliphatic heterocycles. The number of aryl methyl sites for hydroxylation is 1. The zero-order valence-corrected chi connectivity index (χ0v) is 16.7. The fourth-order valence-corrected chi connectivity index (χ4v) is 4.35. The Kier molecular flexibility index (Phi) is 6.25. The van der Waals surface area contributed by atoms with Gasteiger partial charge in [0.05, 0.1) is 10.6 Å². The number of hydrogen-bond acceptors (Lipinski definition) is 7. The van der Waals surface area contributed by atoms with Crippen molar-refractivity contribution in [3.05, 3.63) is 51.2 Å². The fourth-order valence-electron chi connectivity index (χ4n) is 1.89. The van der Waals surface area contributed by atoms with Crippen molar-refractivity contribution in [3.63, 3.8) is 0 Å². The molecule has 2 heterocycles. The van der Waals surface area contributed by atoms with Crippen molar-refractivity contribution in [2.24, 2.45) is 0 Å². The number of nitrogens with zero attached hydrogens (tertiary/aromatic N) is 2. The van der Waals surface area contributed by atoms with Gasteiger partial charge in [-0.25, -0.2) is 0 Å². The third-order valence-corrected chi connectivity index (χ3v) is 6.31. The predicted octanol–water partition coefficient (Wildman–Crippen LogP) is 4.54. The Labute approximate surface area is 167 Å². The topological polar surface area (TPSA) is 84.0 Å². The molecular weight excluding hydrogens is 412 g/mol. The average molecular weight is 425 g/mol. The Balaban J connectivity index is 1.49. The van der Waals surface area contributed by atoms with Gasteiger partial charge in [-0.1, -0.05) is 34.7 Å². The van der Waals surface area contributed by atoms with Crippen LogP contribution in [0.15, 0.2) is 40.1 Å². The molecule has 3 rings (SSSR count). The minimum atomic E-state index is -0.212. The van der Waals surface area contributed by atoms with Crippen LogP contribution in [-0.2, 0) is 4.79 Å². The van der Waals surface area contributed by atoms with Crippen LogP contribution < -0.4 is 10.6 Å². The van der Waals surface area contributed by atoms with Gasteiger partial charge in [0.25, 0.3) is 5.91 Å². The highest BCUT2D eigenvalue weighted by atomic mass is 35.5. The average Bonchev–Trinajstić information content (AvgIpc) is 3.24. The van der Waals surface area contributed by atoms with E-state index in [1.165, 1.54) is 34.4 Å². The summed E-state index contributed by atoms with van der Waals surface area (Å²) in [6.07, 6.45) is 0. The van der Waals surface area contributed by atoms with Crippen LogP contribution >= 0.6 is 46.0 Å². The molecule has 0 atom stereocenters. The number of halogens is 1. The van der Waals surface area contributed by atoms with Crippen LogP contribution in [-0.4, -0.2) is 27.8 Å². The van der Waals surface area contributed by atoms with E-state index < -0.39 is 0 Å². The number of anilines is 2. The molecule has 0 radical (unpaired) electrons. The van der Waals surface area contributed by atoms with Gasteiger partial charge in [-0.3, -0.25) is 14.9 Å². The van der Waals surface area contributed by atoms with Crippen molar-refractivity contribution in [1.82, 2.24) is 10.2 Å². The molecule has 134 valence electrons. The van der Waals surface area contributed by atoms with Crippen molar-refractivity contribution in [2.45, 2.75) is 11.3 Å².